The highest BCUT2D eigenvalue weighted by Crippen LogP contribution is 2.59. The molecule has 21 heavy (non-hydrogen) atoms. The Morgan fingerprint density at radius 2 is 1.86 bits per heavy atom. The van der Waals surface area contributed by atoms with Gasteiger partial charge >= 0.3 is 0 Å². The van der Waals surface area contributed by atoms with Crippen LogP contribution < -0.4 is 10.1 Å². The summed E-state index contributed by atoms with van der Waals surface area (Å²) in [6.07, 6.45) is 7.24. The predicted octanol–water partition coefficient (Wildman–Crippen LogP) is 5.46. The Kier molecular flexibility index (Phi) is 3.73. The molecule has 0 aliphatic heterocycles. The van der Waals surface area contributed by atoms with E-state index in [4.69, 9.17) is 4.74 Å². The number of nitrogens with one attached hydrogen (secondary N) is 1. The van der Waals surface area contributed by atoms with E-state index in [2.05, 4.69) is 49.3 Å². The van der Waals surface area contributed by atoms with E-state index in [0.29, 0.717) is 6.04 Å². The van der Waals surface area contributed by atoms with Crippen molar-refractivity contribution < 1.29 is 4.74 Å². The molecule has 3 aliphatic carbocycles. The molecular weight excluding hydrogens is 394 g/mol. The van der Waals surface area contributed by atoms with Crippen LogP contribution in [0, 0.1) is 23.7 Å². The third kappa shape index (κ3) is 2.33. The van der Waals surface area contributed by atoms with E-state index >= 15 is 0 Å². The molecule has 5 atom stereocenters. The third-order valence-corrected chi connectivity index (χ3v) is 7.29. The van der Waals surface area contributed by atoms with E-state index in [1.165, 1.54) is 37.8 Å². The molecule has 0 saturated heterocycles. The van der Waals surface area contributed by atoms with E-state index < -0.39 is 0 Å². The normalized spacial score (nSPS) is 36.8. The fourth-order valence-corrected chi connectivity index (χ4v) is 6.50. The first kappa shape index (κ1) is 14.4. The van der Waals surface area contributed by atoms with Crippen LogP contribution in [0.5, 0.6) is 5.75 Å². The highest BCUT2D eigenvalue weighted by Gasteiger charge is 2.53. The van der Waals surface area contributed by atoms with Crippen molar-refractivity contribution in [3.05, 3.63) is 21.1 Å². The van der Waals surface area contributed by atoms with Crippen LogP contribution >= 0.6 is 31.9 Å². The van der Waals surface area contributed by atoms with E-state index in [1.54, 1.807) is 7.11 Å². The number of hydrogen-bond donors (Lipinski definition) is 1. The van der Waals surface area contributed by atoms with Gasteiger partial charge in [-0.25, -0.2) is 0 Å². The average Bonchev–Trinajstić information content (AvgIpc) is 3.13. The maximum Gasteiger partial charge on any atom is 0.135 e. The van der Waals surface area contributed by atoms with E-state index in [-0.39, 0.29) is 0 Å². The molecule has 1 N–H and O–H groups in total. The lowest BCUT2D eigenvalue weighted by Gasteiger charge is -2.33. The van der Waals surface area contributed by atoms with Gasteiger partial charge in [0.2, 0.25) is 0 Å². The average molecular weight is 415 g/mol. The summed E-state index contributed by atoms with van der Waals surface area (Å²) < 4.78 is 7.53. The van der Waals surface area contributed by atoms with Crippen molar-refractivity contribution in [2.75, 3.05) is 12.4 Å². The van der Waals surface area contributed by atoms with Crippen LogP contribution in [0.2, 0.25) is 0 Å². The molecule has 1 aromatic carbocycles. The Morgan fingerprint density at radius 3 is 2.67 bits per heavy atom. The summed E-state index contributed by atoms with van der Waals surface area (Å²) >= 11 is 7.22. The summed E-state index contributed by atoms with van der Waals surface area (Å²) in [6, 6.07) is 4.83. The molecule has 3 aliphatic rings. The van der Waals surface area contributed by atoms with Crippen LogP contribution in [-0.2, 0) is 0 Å². The molecule has 3 saturated carbocycles. The summed E-state index contributed by atoms with van der Waals surface area (Å²) in [5.74, 6) is 4.82. The molecule has 2 nitrogen and oxygen atoms in total. The number of hydrogen-bond acceptors (Lipinski definition) is 2. The number of halogens is 2. The smallest absolute Gasteiger partial charge is 0.135 e. The minimum absolute atomic E-state index is 0.650. The summed E-state index contributed by atoms with van der Waals surface area (Å²) in [6.45, 7) is 0. The van der Waals surface area contributed by atoms with Gasteiger partial charge in [0.25, 0.3) is 0 Å². The number of methoxy groups -OCH3 is 1. The quantitative estimate of drug-likeness (QED) is 0.709. The Hall–Kier alpha value is -0.220. The molecule has 4 rings (SSSR count). The monoisotopic (exact) mass is 413 g/mol. The van der Waals surface area contributed by atoms with Crippen LogP contribution in [0.1, 0.15) is 32.1 Å². The molecule has 3 fully saturated rings. The standard InChI is InChI=1S/C17H21Br2NO/c1-21-17-8-16(13(18)7-14(17)19)20-15-6-9-5-12(15)11-4-2-3-10(9)11/h7-12,15,20H,2-6H2,1H3. The Balaban J connectivity index is 1.55. The van der Waals surface area contributed by atoms with Gasteiger partial charge in [-0.3, -0.25) is 0 Å². The number of fused-ring (bicyclic) bond motifs is 5. The van der Waals surface area contributed by atoms with Gasteiger partial charge in [0, 0.05) is 16.6 Å². The minimum Gasteiger partial charge on any atom is -0.495 e. The van der Waals surface area contributed by atoms with Gasteiger partial charge < -0.3 is 10.1 Å². The first-order chi connectivity index (χ1) is 10.2. The van der Waals surface area contributed by atoms with Crippen molar-refractivity contribution in [2.45, 2.75) is 38.1 Å². The predicted molar refractivity (Wildman–Crippen MR) is 92.8 cm³/mol. The van der Waals surface area contributed by atoms with Crippen LogP contribution in [-0.4, -0.2) is 13.2 Å². The van der Waals surface area contributed by atoms with Crippen LogP contribution in [0.3, 0.4) is 0 Å². The molecule has 0 aromatic heterocycles. The van der Waals surface area contributed by atoms with Crippen molar-refractivity contribution in [3.63, 3.8) is 0 Å². The molecule has 0 amide bonds. The molecule has 4 heteroatoms. The largest absolute Gasteiger partial charge is 0.495 e. The van der Waals surface area contributed by atoms with Crippen LogP contribution in [0.25, 0.3) is 0 Å². The molecule has 0 radical (unpaired) electrons. The Labute approximate surface area is 143 Å². The van der Waals surface area contributed by atoms with E-state index in [1.807, 2.05) is 0 Å². The fourth-order valence-electron chi connectivity index (χ4n) is 5.23. The van der Waals surface area contributed by atoms with Crippen molar-refractivity contribution >= 4 is 37.5 Å². The molecule has 1 aromatic rings. The zero-order valence-corrected chi connectivity index (χ0v) is 15.4. The first-order valence-corrected chi connectivity index (χ1v) is 9.55. The van der Waals surface area contributed by atoms with Crippen LogP contribution in [0.4, 0.5) is 5.69 Å². The second-order valence-electron chi connectivity index (χ2n) is 6.87. The number of ether oxygens (including phenoxy) is 1. The van der Waals surface area contributed by atoms with Gasteiger partial charge in [-0.05, 0) is 87.3 Å². The maximum absolute atomic E-state index is 5.43. The lowest BCUT2D eigenvalue weighted by Crippen LogP contribution is -2.34. The zero-order valence-electron chi connectivity index (χ0n) is 12.2. The van der Waals surface area contributed by atoms with E-state index in [9.17, 15) is 0 Å². The second kappa shape index (κ2) is 5.45. The first-order valence-electron chi connectivity index (χ1n) is 7.97. The number of benzene rings is 1. The fraction of sp³-hybridized carbons (Fsp3) is 0.647. The SMILES string of the molecule is COc1cc(NC2CC3CC2C2CCCC32)c(Br)cc1Br. The van der Waals surface area contributed by atoms with Crippen molar-refractivity contribution in [3.8, 4) is 5.75 Å². The van der Waals surface area contributed by atoms with Gasteiger partial charge in [-0.1, -0.05) is 6.42 Å². The lowest BCUT2D eigenvalue weighted by molar-refractivity contribution is 0.243. The Bertz CT molecular complexity index is 562. The summed E-state index contributed by atoms with van der Waals surface area (Å²) in [4.78, 5) is 0. The lowest BCUT2D eigenvalue weighted by atomic mass is 9.79. The highest BCUT2D eigenvalue weighted by molar-refractivity contribution is 9.11. The maximum atomic E-state index is 5.43. The van der Waals surface area contributed by atoms with Crippen molar-refractivity contribution in [1.29, 1.82) is 0 Å². The van der Waals surface area contributed by atoms with Crippen LogP contribution in [0.15, 0.2) is 21.1 Å². The molecule has 114 valence electrons. The Morgan fingerprint density at radius 1 is 1.05 bits per heavy atom. The van der Waals surface area contributed by atoms with Crippen molar-refractivity contribution in [2.24, 2.45) is 23.7 Å². The summed E-state index contributed by atoms with van der Waals surface area (Å²) in [7, 11) is 1.72. The van der Waals surface area contributed by atoms with Gasteiger partial charge in [0.05, 0.1) is 17.3 Å². The van der Waals surface area contributed by atoms with Crippen molar-refractivity contribution in [1.82, 2.24) is 0 Å². The summed E-state index contributed by atoms with van der Waals surface area (Å²) in [5.41, 5.74) is 1.17. The van der Waals surface area contributed by atoms with Gasteiger partial charge in [-0.15, -0.1) is 0 Å². The zero-order chi connectivity index (χ0) is 14.6. The van der Waals surface area contributed by atoms with Gasteiger partial charge in [0.1, 0.15) is 5.75 Å². The number of anilines is 1. The van der Waals surface area contributed by atoms with E-state index in [0.717, 1.165) is 38.4 Å². The third-order valence-electron chi connectivity index (χ3n) is 6.01. The molecule has 0 spiro atoms. The molecular formula is C17H21Br2NO. The molecule has 5 unspecified atom stereocenters. The molecule has 2 bridgehead atoms. The summed E-state index contributed by atoms with van der Waals surface area (Å²) in [5, 5.41) is 3.81. The molecule has 0 heterocycles. The van der Waals surface area contributed by atoms with Gasteiger partial charge in [-0.2, -0.15) is 0 Å². The highest BCUT2D eigenvalue weighted by atomic mass is 79.9. The second-order valence-corrected chi connectivity index (χ2v) is 8.58. The minimum atomic E-state index is 0.650. The topological polar surface area (TPSA) is 21.3 Å². The van der Waals surface area contributed by atoms with Gasteiger partial charge in [0.15, 0.2) is 0 Å². The number of rotatable bonds is 3.